The third kappa shape index (κ3) is 3.23. The number of para-hydroxylation sites is 1. The fourth-order valence-corrected chi connectivity index (χ4v) is 2.08. The highest BCUT2D eigenvalue weighted by Crippen LogP contribution is 2.22. The lowest BCUT2D eigenvalue weighted by Gasteiger charge is -2.10. The van der Waals surface area contributed by atoms with E-state index in [4.69, 9.17) is 10.9 Å². The van der Waals surface area contributed by atoms with Crippen molar-refractivity contribution in [2.75, 3.05) is 5.32 Å². The molecular weight excluding hydrogens is 308 g/mol. The van der Waals surface area contributed by atoms with Gasteiger partial charge in [-0.3, -0.25) is 4.98 Å². The van der Waals surface area contributed by atoms with Crippen LogP contribution in [0.15, 0.2) is 52.2 Å². The highest BCUT2D eigenvalue weighted by molar-refractivity contribution is 9.10. The van der Waals surface area contributed by atoms with E-state index in [0.29, 0.717) is 12.2 Å². The van der Waals surface area contributed by atoms with Gasteiger partial charge in [0.2, 0.25) is 0 Å². The fraction of sp³-hybridized carbons (Fsp3) is 0.0769. The van der Waals surface area contributed by atoms with Gasteiger partial charge in [0.25, 0.3) is 0 Å². The summed E-state index contributed by atoms with van der Waals surface area (Å²) in [5.74, 6) is 0.00419. The van der Waals surface area contributed by atoms with Crippen LogP contribution in [0.25, 0.3) is 0 Å². The summed E-state index contributed by atoms with van der Waals surface area (Å²) in [5.41, 5.74) is 7.90. The standard InChI is InChI=1S/C13H13BrN4O/c14-10-5-1-2-6-11(10)17-8-9-4-3-7-16-12(9)13(15)18-19/h1-7,17,19H,8H2,(H2,15,18). The van der Waals surface area contributed by atoms with Gasteiger partial charge in [0.05, 0.1) is 0 Å². The Labute approximate surface area is 119 Å². The molecule has 98 valence electrons. The lowest BCUT2D eigenvalue weighted by Crippen LogP contribution is -2.18. The van der Waals surface area contributed by atoms with Crippen molar-refractivity contribution in [2.45, 2.75) is 6.54 Å². The number of aromatic nitrogens is 1. The van der Waals surface area contributed by atoms with Crippen LogP contribution >= 0.6 is 15.9 Å². The van der Waals surface area contributed by atoms with E-state index in [9.17, 15) is 0 Å². The largest absolute Gasteiger partial charge is 0.409 e. The Hall–Kier alpha value is -2.08. The molecule has 0 aliphatic rings. The van der Waals surface area contributed by atoms with Crippen LogP contribution in [0.5, 0.6) is 0 Å². The van der Waals surface area contributed by atoms with Crippen LogP contribution < -0.4 is 11.1 Å². The molecule has 19 heavy (non-hydrogen) atoms. The van der Waals surface area contributed by atoms with Crippen LogP contribution in [0, 0.1) is 0 Å². The molecule has 0 aliphatic heterocycles. The molecule has 1 aromatic carbocycles. The number of nitrogens with two attached hydrogens (primary N) is 1. The maximum Gasteiger partial charge on any atom is 0.189 e. The summed E-state index contributed by atoms with van der Waals surface area (Å²) in [6.45, 7) is 0.530. The highest BCUT2D eigenvalue weighted by Gasteiger charge is 2.08. The van der Waals surface area contributed by atoms with Gasteiger partial charge >= 0.3 is 0 Å². The monoisotopic (exact) mass is 320 g/mol. The summed E-state index contributed by atoms with van der Waals surface area (Å²) >= 11 is 3.46. The van der Waals surface area contributed by atoms with E-state index < -0.39 is 0 Å². The van der Waals surface area contributed by atoms with E-state index in [0.717, 1.165) is 15.7 Å². The number of amidine groups is 1. The molecule has 0 atom stereocenters. The van der Waals surface area contributed by atoms with E-state index in [-0.39, 0.29) is 5.84 Å². The van der Waals surface area contributed by atoms with Crippen LogP contribution in [0.3, 0.4) is 0 Å². The molecule has 4 N–H and O–H groups in total. The number of hydrogen-bond donors (Lipinski definition) is 3. The third-order valence-corrected chi connectivity index (χ3v) is 3.28. The highest BCUT2D eigenvalue weighted by atomic mass is 79.9. The van der Waals surface area contributed by atoms with Crippen LogP contribution in [-0.4, -0.2) is 16.0 Å². The molecule has 2 aromatic rings. The first-order valence-electron chi connectivity index (χ1n) is 5.62. The number of oxime groups is 1. The van der Waals surface area contributed by atoms with Crippen molar-refractivity contribution >= 4 is 27.5 Å². The van der Waals surface area contributed by atoms with E-state index in [1.807, 2.05) is 36.4 Å². The van der Waals surface area contributed by atoms with Crippen molar-refractivity contribution in [3.8, 4) is 0 Å². The number of nitrogens with one attached hydrogen (secondary N) is 1. The summed E-state index contributed by atoms with van der Waals surface area (Å²) in [4.78, 5) is 4.12. The first-order chi connectivity index (χ1) is 9.22. The summed E-state index contributed by atoms with van der Waals surface area (Å²) in [7, 11) is 0. The Morgan fingerprint density at radius 2 is 2.11 bits per heavy atom. The number of halogens is 1. The molecule has 1 heterocycles. The predicted octanol–water partition coefficient (Wildman–Crippen LogP) is 2.55. The molecule has 5 nitrogen and oxygen atoms in total. The van der Waals surface area contributed by atoms with Gasteiger partial charge in [-0.2, -0.15) is 0 Å². The average Bonchev–Trinajstić information content (AvgIpc) is 2.46. The SMILES string of the molecule is NC(=NO)c1ncccc1CNc1ccccc1Br. The minimum atomic E-state index is 0.00419. The van der Waals surface area contributed by atoms with Gasteiger partial charge in [-0.1, -0.05) is 23.4 Å². The van der Waals surface area contributed by atoms with Crippen molar-refractivity contribution in [3.05, 3.63) is 58.3 Å². The number of pyridine rings is 1. The minimum absolute atomic E-state index is 0.00419. The van der Waals surface area contributed by atoms with Gasteiger partial charge in [0, 0.05) is 28.5 Å². The molecule has 0 amide bonds. The Bertz CT molecular complexity index is 601. The van der Waals surface area contributed by atoms with Gasteiger partial charge in [-0.25, -0.2) is 0 Å². The zero-order valence-electron chi connectivity index (χ0n) is 10.0. The molecule has 0 unspecified atom stereocenters. The van der Waals surface area contributed by atoms with Crippen molar-refractivity contribution < 1.29 is 5.21 Å². The Morgan fingerprint density at radius 3 is 2.84 bits per heavy atom. The maximum atomic E-state index is 8.74. The van der Waals surface area contributed by atoms with Crippen LogP contribution in [0.4, 0.5) is 5.69 Å². The van der Waals surface area contributed by atoms with E-state index in [2.05, 4.69) is 31.4 Å². The van der Waals surface area contributed by atoms with Crippen LogP contribution in [0.1, 0.15) is 11.3 Å². The number of anilines is 1. The molecule has 2 rings (SSSR count). The van der Waals surface area contributed by atoms with Gasteiger partial charge in [-0.05, 0) is 34.1 Å². The van der Waals surface area contributed by atoms with E-state index in [1.165, 1.54) is 0 Å². The lowest BCUT2D eigenvalue weighted by molar-refractivity contribution is 0.318. The molecule has 0 saturated heterocycles. The summed E-state index contributed by atoms with van der Waals surface area (Å²) in [6, 6.07) is 11.5. The van der Waals surface area contributed by atoms with Crippen molar-refractivity contribution in [2.24, 2.45) is 10.9 Å². The van der Waals surface area contributed by atoms with Crippen LogP contribution in [-0.2, 0) is 6.54 Å². The Morgan fingerprint density at radius 1 is 1.32 bits per heavy atom. The van der Waals surface area contributed by atoms with Crippen molar-refractivity contribution in [1.29, 1.82) is 0 Å². The predicted molar refractivity (Wildman–Crippen MR) is 78.2 cm³/mol. The Balaban J connectivity index is 2.19. The zero-order chi connectivity index (χ0) is 13.7. The summed E-state index contributed by atoms with van der Waals surface area (Å²) in [5, 5.41) is 15.0. The molecule has 0 saturated carbocycles. The molecule has 0 aliphatic carbocycles. The maximum absolute atomic E-state index is 8.74. The smallest absolute Gasteiger partial charge is 0.189 e. The molecular formula is C13H13BrN4O. The van der Waals surface area contributed by atoms with Crippen molar-refractivity contribution in [3.63, 3.8) is 0 Å². The normalized spacial score (nSPS) is 11.3. The van der Waals surface area contributed by atoms with Crippen molar-refractivity contribution in [1.82, 2.24) is 4.98 Å². The number of hydrogen-bond acceptors (Lipinski definition) is 4. The van der Waals surface area contributed by atoms with Gasteiger partial charge in [0.1, 0.15) is 5.69 Å². The number of rotatable bonds is 4. The van der Waals surface area contributed by atoms with E-state index in [1.54, 1.807) is 6.20 Å². The van der Waals surface area contributed by atoms with Gasteiger partial charge in [0.15, 0.2) is 5.84 Å². The summed E-state index contributed by atoms with van der Waals surface area (Å²) < 4.78 is 0.976. The second-order valence-electron chi connectivity index (χ2n) is 3.83. The molecule has 1 aromatic heterocycles. The third-order valence-electron chi connectivity index (χ3n) is 2.58. The molecule has 0 fully saturated rings. The summed E-state index contributed by atoms with van der Waals surface area (Å²) in [6.07, 6.45) is 1.61. The fourth-order valence-electron chi connectivity index (χ4n) is 1.65. The average molecular weight is 321 g/mol. The molecule has 6 heteroatoms. The molecule has 0 bridgehead atoms. The number of benzene rings is 1. The lowest BCUT2D eigenvalue weighted by atomic mass is 10.1. The Kier molecular flexibility index (Phi) is 4.35. The zero-order valence-corrected chi connectivity index (χ0v) is 11.6. The second kappa shape index (κ2) is 6.19. The van der Waals surface area contributed by atoms with Crippen LogP contribution in [0.2, 0.25) is 0 Å². The minimum Gasteiger partial charge on any atom is -0.409 e. The first-order valence-corrected chi connectivity index (χ1v) is 6.42. The molecule has 0 radical (unpaired) electrons. The second-order valence-corrected chi connectivity index (χ2v) is 4.68. The van der Waals surface area contributed by atoms with Gasteiger partial charge in [-0.15, -0.1) is 0 Å². The van der Waals surface area contributed by atoms with Gasteiger partial charge < -0.3 is 16.3 Å². The first kappa shape index (κ1) is 13.4. The molecule has 0 spiro atoms. The topological polar surface area (TPSA) is 83.5 Å². The number of nitrogens with zero attached hydrogens (tertiary/aromatic N) is 2. The van der Waals surface area contributed by atoms with E-state index >= 15 is 0 Å². The quantitative estimate of drug-likeness (QED) is 0.350.